The number of piperidine rings is 1. The van der Waals surface area contributed by atoms with Crippen molar-refractivity contribution in [2.75, 3.05) is 19.6 Å². The molecule has 0 radical (unpaired) electrons. The van der Waals surface area contributed by atoms with Gasteiger partial charge in [-0.05, 0) is 31.6 Å². The molecule has 5 nitrogen and oxygen atoms in total. The molecule has 0 atom stereocenters. The van der Waals surface area contributed by atoms with Crippen LogP contribution in [-0.4, -0.2) is 41.5 Å². The minimum absolute atomic E-state index is 0.0467. The summed E-state index contributed by atoms with van der Waals surface area (Å²) < 4.78 is 5.35. The Labute approximate surface area is 132 Å². The zero-order chi connectivity index (χ0) is 15.4. The Hall–Kier alpha value is -1.36. The summed E-state index contributed by atoms with van der Waals surface area (Å²) in [6, 6.07) is 0.316. The lowest BCUT2D eigenvalue weighted by atomic mass is 10.0. The first-order valence-electron chi connectivity index (χ1n) is 8.62. The summed E-state index contributed by atoms with van der Waals surface area (Å²) in [7, 11) is 0. The van der Waals surface area contributed by atoms with E-state index in [1.807, 2.05) is 0 Å². The Balaban J connectivity index is 1.37. The molecule has 1 aliphatic carbocycles. The van der Waals surface area contributed by atoms with E-state index in [1.54, 1.807) is 13.1 Å². The van der Waals surface area contributed by atoms with E-state index in [1.165, 1.54) is 32.2 Å². The number of nitrogens with zero attached hydrogens (tertiary/aromatic N) is 2. The summed E-state index contributed by atoms with van der Waals surface area (Å²) in [5, 5.41) is 3.14. The SMILES string of the molecule is Cc1ncc(CC(=O)NC2CCN(CC3CCCC3)CC2)o1. The third-order valence-corrected chi connectivity index (χ3v) is 4.95. The van der Waals surface area contributed by atoms with Crippen molar-refractivity contribution >= 4 is 5.91 Å². The summed E-state index contributed by atoms with van der Waals surface area (Å²) in [5.41, 5.74) is 0. The Morgan fingerprint density at radius 3 is 2.68 bits per heavy atom. The minimum atomic E-state index is 0.0467. The van der Waals surface area contributed by atoms with E-state index >= 15 is 0 Å². The summed E-state index contributed by atoms with van der Waals surface area (Å²) in [6.45, 7) is 5.28. The van der Waals surface area contributed by atoms with E-state index in [2.05, 4.69) is 15.2 Å². The highest BCUT2D eigenvalue weighted by Gasteiger charge is 2.24. The highest BCUT2D eigenvalue weighted by atomic mass is 16.4. The number of hydrogen-bond acceptors (Lipinski definition) is 4. The summed E-state index contributed by atoms with van der Waals surface area (Å²) in [4.78, 5) is 18.6. The first kappa shape index (κ1) is 15.5. The molecule has 1 aromatic heterocycles. The van der Waals surface area contributed by atoms with E-state index in [0.717, 1.165) is 31.8 Å². The van der Waals surface area contributed by atoms with Gasteiger partial charge in [-0.2, -0.15) is 0 Å². The van der Waals surface area contributed by atoms with Crippen LogP contribution in [0.4, 0.5) is 0 Å². The Bertz CT molecular complexity index is 486. The molecule has 0 bridgehead atoms. The third-order valence-electron chi connectivity index (χ3n) is 4.95. The van der Waals surface area contributed by atoms with Crippen molar-refractivity contribution < 1.29 is 9.21 Å². The van der Waals surface area contributed by atoms with Gasteiger partial charge in [-0.1, -0.05) is 12.8 Å². The van der Waals surface area contributed by atoms with Gasteiger partial charge in [0.15, 0.2) is 5.89 Å². The van der Waals surface area contributed by atoms with Crippen molar-refractivity contribution in [3.8, 4) is 0 Å². The molecule has 1 saturated heterocycles. The number of likely N-dealkylation sites (tertiary alicyclic amines) is 1. The molecule has 1 amide bonds. The first-order valence-corrected chi connectivity index (χ1v) is 8.62. The zero-order valence-corrected chi connectivity index (χ0v) is 13.5. The maximum atomic E-state index is 12.0. The van der Waals surface area contributed by atoms with E-state index in [9.17, 15) is 4.79 Å². The number of nitrogens with one attached hydrogen (secondary N) is 1. The average Bonchev–Trinajstić information content (AvgIpc) is 3.13. The fraction of sp³-hybridized carbons (Fsp3) is 0.765. The molecule has 5 heteroatoms. The van der Waals surface area contributed by atoms with Gasteiger partial charge < -0.3 is 14.6 Å². The van der Waals surface area contributed by atoms with Gasteiger partial charge in [0.1, 0.15) is 5.76 Å². The lowest BCUT2D eigenvalue weighted by Gasteiger charge is -2.33. The van der Waals surface area contributed by atoms with E-state index in [4.69, 9.17) is 4.42 Å². The molecule has 0 unspecified atom stereocenters. The molecule has 0 spiro atoms. The lowest BCUT2D eigenvalue weighted by molar-refractivity contribution is -0.121. The smallest absolute Gasteiger partial charge is 0.227 e. The monoisotopic (exact) mass is 305 g/mol. The Morgan fingerprint density at radius 1 is 1.32 bits per heavy atom. The van der Waals surface area contributed by atoms with Crippen LogP contribution in [0.15, 0.2) is 10.6 Å². The molecule has 22 heavy (non-hydrogen) atoms. The van der Waals surface area contributed by atoms with Crippen LogP contribution in [-0.2, 0) is 11.2 Å². The number of amides is 1. The second-order valence-electron chi connectivity index (χ2n) is 6.82. The van der Waals surface area contributed by atoms with Gasteiger partial charge in [-0.15, -0.1) is 0 Å². The standard InChI is InChI=1S/C17H27N3O2/c1-13-18-11-16(22-13)10-17(21)19-15-6-8-20(9-7-15)12-14-4-2-3-5-14/h11,14-15H,2-10,12H2,1H3,(H,19,21). The molecule has 0 aromatic carbocycles. The van der Waals surface area contributed by atoms with Crippen LogP contribution in [0.3, 0.4) is 0 Å². The highest BCUT2D eigenvalue weighted by Crippen LogP contribution is 2.26. The summed E-state index contributed by atoms with van der Waals surface area (Å²) in [6.07, 6.45) is 9.71. The number of aromatic nitrogens is 1. The molecular formula is C17H27N3O2. The third kappa shape index (κ3) is 4.32. The molecule has 1 aromatic rings. The largest absolute Gasteiger partial charge is 0.446 e. The molecule has 1 aliphatic heterocycles. The fourth-order valence-corrected chi connectivity index (χ4v) is 3.74. The molecule has 2 fully saturated rings. The predicted octanol–water partition coefficient (Wildman–Crippen LogP) is 2.30. The molecule has 1 saturated carbocycles. The topological polar surface area (TPSA) is 58.4 Å². The first-order chi connectivity index (χ1) is 10.7. The Kier molecular flexibility index (Phi) is 5.13. The second-order valence-corrected chi connectivity index (χ2v) is 6.82. The predicted molar refractivity (Wildman–Crippen MR) is 84.5 cm³/mol. The number of rotatable bonds is 5. The van der Waals surface area contributed by atoms with Crippen LogP contribution in [0.5, 0.6) is 0 Å². The highest BCUT2D eigenvalue weighted by molar-refractivity contribution is 5.78. The number of hydrogen-bond donors (Lipinski definition) is 1. The molecular weight excluding hydrogens is 278 g/mol. The fourth-order valence-electron chi connectivity index (χ4n) is 3.74. The summed E-state index contributed by atoms with van der Waals surface area (Å²) in [5.74, 6) is 2.22. The number of aryl methyl sites for hydroxylation is 1. The van der Waals surface area contributed by atoms with Crippen molar-refractivity contribution in [3.63, 3.8) is 0 Å². The van der Waals surface area contributed by atoms with Crippen molar-refractivity contribution in [1.82, 2.24) is 15.2 Å². The number of oxazole rings is 1. The second kappa shape index (κ2) is 7.27. The quantitative estimate of drug-likeness (QED) is 0.907. The zero-order valence-electron chi connectivity index (χ0n) is 13.5. The van der Waals surface area contributed by atoms with Gasteiger partial charge >= 0.3 is 0 Å². The Morgan fingerprint density at radius 2 is 2.05 bits per heavy atom. The van der Waals surface area contributed by atoms with Crippen LogP contribution in [0.25, 0.3) is 0 Å². The van der Waals surface area contributed by atoms with Crippen LogP contribution >= 0.6 is 0 Å². The van der Waals surface area contributed by atoms with Gasteiger partial charge in [0, 0.05) is 32.6 Å². The van der Waals surface area contributed by atoms with E-state index in [-0.39, 0.29) is 5.91 Å². The molecule has 1 N–H and O–H groups in total. The molecule has 122 valence electrons. The molecule has 2 heterocycles. The lowest BCUT2D eigenvalue weighted by Crippen LogP contribution is -2.46. The normalized spacial score (nSPS) is 21.3. The van der Waals surface area contributed by atoms with Crippen molar-refractivity contribution in [2.45, 2.75) is 57.9 Å². The molecule has 3 rings (SSSR count). The van der Waals surface area contributed by atoms with Gasteiger partial charge in [-0.25, -0.2) is 4.98 Å². The number of carbonyl (C=O) groups is 1. The number of carbonyl (C=O) groups excluding carboxylic acids is 1. The average molecular weight is 305 g/mol. The maximum absolute atomic E-state index is 12.0. The van der Waals surface area contributed by atoms with Crippen molar-refractivity contribution in [2.24, 2.45) is 5.92 Å². The van der Waals surface area contributed by atoms with Gasteiger partial charge in [0.05, 0.1) is 12.6 Å². The van der Waals surface area contributed by atoms with Crippen LogP contribution < -0.4 is 5.32 Å². The van der Waals surface area contributed by atoms with Crippen LogP contribution in [0, 0.1) is 12.8 Å². The van der Waals surface area contributed by atoms with Gasteiger partial charge in [0.25, 0.3) is 0 Å². The van der Waals surface area contributed by atoms with Crippen LogP contribution in [0.1, 0.15) is 50.2 Å². The molecule has 2 aliphatic rings. The van der Waals surface area contributed by atoms with E-state index < -0.39 is 0 Å². The van der Waals surface area contributed by atoms with E-state index in [0.29, 0.717) is 24.1 Å². The van der Waals surface area contributed by atoms with Gasteiger partial charge in [0.2, 0.25) is 5.91 Å². The maximum Gasteiger partial charge on any atom is 0.227 e. The van der Waals surface area contributed by atoms with Crippen molar-refractivity contribution in [3.05, 3.63) is 17.8 Å². The minimum Gasteiger partial charge on any atom is -0.446 e. The van der Waals surface area contributed by atoms with Crippen molar-refractivity contribution in [1.29, 1.82) is 0 Å². The van der Waals surface area contributed by atoms with Crippen LogP contribution in [0.2, 0.25) is 0 Å². The summed E-state index contributed by atoms with van der Waals surface area (Å²) >= 11 is 0. The van der Waals surface area contributed by atoms with Gasteiger partial charge in [-0.3, -0.25) is 4.79 Å².